The number of rotatable bonds is 4. The Labute approximate surface area is 132 Å². The highest BCUT2D eigenvalue weighted by atomic mass is 16.1. The zero-order valence-electron chi connectivity index (χ0n) is 13.7. The quantitative estimate of drug-likeness (QED) is 0.942. The van der Waals surface area contributed by atoms with E-state index < -0.39 is 0 Å². The molecule has 1 N–H and O–H groups in total. The molecule has 1 amide bonds. The van der Waals surface area contributed by atoms with E-state index in [4.69, 9.17) is 0 Å². The minimum atomic E-state index is 0.0293. The Morgan fingerprint density at radius 3 is 2.82 bits per heavy atom. The summed E-state index contributed by atoms with van der Waals surface area (Å²) in [7, 11) is 1.95. The van der Waals surface area contributed by atoms with Gasteiger partial charge in [-0.1, -0.05) is 18.2 Å². The molecule has 1 aromatic heterocycles. The Hall–Kier alpha value is -1.81. The minimum Gasteiger partial charge on any atom is -0.350 e. The van der Waals surface area contributed by atoms with Crippen LogP contribution in [0, 0.1) is 5.92 Å². The summed E-state index contributed by atoms with van der Waals surface area (Å²) >= 11 is 0. The predicted molar refractivity (Wildman–Crippen MR) is 90.1 cm³/mol. The summed E-state index contributed by atoms with van der Waals surface area (Å²) in [5.74, 6) is 0.600. The van der Waals surface area contributed by atoms with Crippen LogP contribution in [0.25, 0.3) is 10.9 Å². The molecule has 0 bridgehead atoms. The summed E-state index contributed by atoms with van der Waals surface area (Å²) in [4.78, 5) is 14.9. The van der Waals surface area contributed by atoms with Gasteiger partial charge >= 0.3 is 0 Å². The van der Waals surface area contributed by atoms with Gasteiger partial charge in [0.25, 0.3) is 5.91 Å². The third kappa shape index (κ3) is 2.88. The van der Waals surface area contributed by atoms with E-state index in [1.165, 1.54) is 6.42 Å². The standard InChI is InChI=1S/C18H25N3O/c1-13(2)21-9-8-14(12-21)11-19-18(22)17-10-15-6-4-5-7-16(15)20(17)3/h4-7,10,13-14H,8-9,11-12H2,1-3H3,(H,19,22). The Balaban J connectivity index is 1.63. The highest BCUT2D eigenvalue weighted by molar-refractivity contribution is 5.98. The average Bonchev–Trinajstić information content (AvgIpc) is 3.11. The van der Waals surface area contributed by atoms with Crippen LogP contribution in [0.15, 0.2) is 30.3 Å². The molecule has 2 aromatic rings. The number of carbonyl (C=O) groups excluding carboxylic acids is 1. The van der Waals surface area contributed by atoms with Crippen LogP contribution in [-0.2, 0) is 7.05 Å². The van der Waals surface area contributed by atoms with Crippen LogP contribution < -0.4 is 5.32 Å². The van der Waals surface area contributed by atoms with Gasteiger partial charge in [-0.05, 0) is 44.9 Å². The van der Waals surface area contributed by atoms with Crippen LogP contribution >= 0.6 is 0 Å². The molecule has 4 nitrogen and oxygen atoms in total. The maximum absolute atomic E-state index is 12.5. The van der Waals surface area contributed by atoms with E-state index in [-0.39, 0.29) is 5.91 Å². The molecule has 4 heteroatoms. The van der Waals surface area contributed by atoms with Crippen molar-refractivity contribution in [2.24, 2.45) is 13.0 Å². The molecule has 3 rings (SSSR count). The van der Waals surface area contributed by atoms with E-state index in [9.17, 15) is 4.79 Å². The number of carbonyl (C=O) groups is 1. The first-order valence-corrected chi connectivity index (χ1v) is 8.13. The summed E-state index contributed by atoms with van der Waals surface area (Å²) in [5, 5.41) is 4.23. The van der Waals surface area contributed by atoms with E-state index >= 15 is 0 Å². The lowest BCUT2D eigenvalue weighted by atomic mass is 10.1. The zero-order chi connectivity index (χ0) is 15.7. The van der Waals surface area contributed by atoms with Crippen LogP contribution in [0.2, 0.25) is 0 Å². The van der Waals surface area contributed by atoms with E-state index in [2.05, 4.69) is 24.1 Å². The molecule has 1 atom stereocenters. The Morgan fingerprint density at radius 1 is 1.36 bits per heavy atom. The lowest BCUT2D eigenvalue weighted by Crippen LogP contribution is -2.33. The second-order valence-electron chi connectivity index (χ2n) is 6.60. The molecule has 1 saturated heterocycles. The topological polar surface area (TPSA) is 37.3 Å². The van der Waals surface area contributed by atoms with Crippen LogP contribution in [-0.4, -0.2) is 41.1 Å². The summed E-state index contributed by atoms with van der Waals surface area (Å²) in [5.41, 5.74) is 1.83. The van der Waals surface area contributed by atoms with Crippen LogP contribution in [0.5, 0.6) is 0 Å². The maximum Gasteiger partial charge on any atom is 0.267 e. The van der Waals surface area contributed by atoms with Gasteiger partial charge in [-0.15, -0.1) is 0 Å². The number of likely N-dealkylation sites (tertiary alicyclic amines) is 1. The van der Waals surface area contributed by atoms with Crippen molar-refractivity contribution >= 4 is 16.8 Å². The fraction of sp³-hybridized carbons (Fsp3) is 0.500. The molecule has 1 unspecified atom stereocenters. The van der Waals surface area contributed by atoms with Crippen molar-refractivity contribution in [3.63, 3.8) is 0 Å². The molecule has 1 aliphatic rings. The van der Waals surface area contributed by atoms with Gasteiger partial charge in [0.05, 0.1) is 0 Å². The monoisotopic (exact) mass is 299 g/mol. The number of hydrogen-bond acceptors (Lipinski definition) is 2. The molecule has 22 heavy (non-hydrogen) atoms. The molecule has 118 valence electrons. The number of nitrogens with zero attached hydrogens (tertiary/aromatic N) is 2. The first-order chi connectivity index (χ1) is 10.6. The number of amides is 1. The Bertz CT molecular complexity index is 674. The molecular formula is C18H25N3O. The van der Waals surface area contributed by atoms with Crippen molar-refractivity contribution in [2.75, 3.05) is 19.6 Å². The minimum absolute atomic E-state index is 0.0293. The first-order valence-electron chi connectivity index (χ1n) is 8.13. The Kier molecular flexibility index (Phi) is 4.21. The van der Waals surface area contributed by atoms with Gasteiger partial charge in [0.2, 0.25) is 0 Å². The van der Waals surface area contributed by atoms with Crippen LogP contribution in [0.1, 0.15) is 30.8 Å². The second kappa shape index (κ2) is 6.13. The van der Waals surface area contributed by atoms with Gasteiger partial charge < -0.3 is 14.8 Å². The van der Waals surface area contributed by atoms with Crippen LogP contribution in [0.4, 0.5) is 0 Å². The highest BCUT2D eigenvalue weighted by Crippen LogP contribution is 2.20. The van der Waals surface area contributed by atoms with Gasteiger partial charge in [-0.25, -0.2) is 0 Å². The Morgan fingerprint density at radius 2 is 2.14 bits per heavy atom. The fourth-order valence-corrected chi connectivity index (χ4v) is 3.33. The molecule has 0 saturated carbocycles. The number of para-hydroxylation sites is 1. The summed E-state index contributed by atoms with van der Waals surface area (Å²) in [6.45, 7) is 7.47. The average molecular weight is 299 g/mol. The predicted octanol–water partition coefficient (Wildman–Crippen LogP) is 2.64. The second-order valence-corrected chi connectivity index (χ2v) is 6.60. The third-order valence-corrected chi connectivity index (χ3v) is 4.78. The van der Waals surface area contributed by atoms with Crippen molar-refractivity contribution < 1.29 is 4.79 Å². The number of aromatic nitrogens is 1. The lowest BCUT2D eigenvalue weighted by Gasteiger charge is -2.20. The van der Waals surface area contributed by atoms with E-state index in [1.807, 2.05) is 41.9 Å². The van der Waals surface area contributed by atoms with Crippen molar-refractivity contribution in [3.05, 3.63) is 36.0 Å². The largest absolute Gasteiger partial charge is 0.350 e. The SMILES string of the molecule is CC(C)N1CCC(CNC(=O)c2cc3ccccc3n2C)C1. The summed E-state index contributed by atoms with van der Waals surface area (Å²) < 4.78 is 1.97. The van der Waals surface area contributed by atoms with E-state index in [0.717, 1.165) is 36.2 Å². The van der Waals surface area contributed by atoms with Crippen molar-refractivity contribution in [3.8, 4) is 0 Å². The van der Waals surface area contributed by atoms with Gasteiger partial charge in [0, 0.05) is 37.1 Å². The number of benzene rings is 1. The number of hydrogen-bond donors (Lipinski definition) is 1. The molecular weight excluding hydrogens is 274 g/mol. The van der Waals surface area contributed by atoms with Crippen molar-refractivity contribution in [1.82, 2.24) is 14.8 Å². The normalized spacial score (nSPS) is 19.2. The molecule has 0 radical (unpaired) electrons. The number of nitrogens with one attached hydrogen (secondary N) is 1. The maximum atomic E-state index is 12.5. The van der Waals surface area contributed by atoms with Crippen LogP contribution in [0.3, 0.4) is 0 Å². The molecule has 1 aromatic carbocycles. The van der Waals surface area contributed by atoms with Gasteiger partial charge in [-0.2, -0.15) is 0 Å². The number of fused-ring (bicyclic) bond motifs is 1. The molecule has 0 spiro atoms. The van der Waals surface area contributed by atoms with E-state index in [0.29, 0.717) is 12.0 Å². The number of aryl methyl sites for hydroxylation is 1. The molecule has 0 aliphatic carbocycles. The smallest absolute Gasteiger partial charge is 0.267 e. The van der Waals surface area contributed by atoms with E-state index in [1.54, 1.807) is 0 Å². The zero-order valence-corrected chi connectivity index (χ0v) is 13.7. The molecule has 2 heterocycles. The fourth-order valence-electron chi connectivity index (χ4n) is 3.33. The highest BCUT2D eigenvalue weighted by Gasteiger charge is 2.24. The summed E-state index contributed by atoms with van der Waals surface area (Å²) in [6.07, 6.45) is 1.17. The third-order valence-electron chi connectivity index (χ3n) is 4.78. The molecule has 1 aliphatic heterocycles. The summed E-state index contributed by atoms with van der Waals surface area (Å²) in [6, 6.07) is 10.7. The van der Waals surface area contributed by atoms with Crippen molar-refractivity contribution in [2.45, 2.75) is 26.3 Å². The first kappa shape index (κ1) is 15.1. The van der Waals surface area contributed by atoms with Crippen molar-refractivity contribution in [1.29, 1.82) is 0 Å². The van der Waals surface area contributed by atoms with Gasteiger partial charge in [-0.3, -0.25) is 4.79 Å². The van der Waals surface area contributed by atoms with Gasteiger partial charge in [0.15, 0.2) is 0 Å². The van der Waals surface area contributed by atoms with Gasteiger partial charge in [0.1, 0.15) is 5.69 Å². The lowest BCUT2D eigenvalue weighted by molar-refractivity contribution is 0.0939. The molecule has 1 fully saturated rings.